The Morgan fingerprint density at radius 3 is 2.67 bits per heavy atom. The number of aromatic nitrogens is 3. The van der Waals surface area contributed by atoms with Gasteiger partial charge >= 0.3 is 0 Å². The van der Waals surface area contributed by atoms with Gasteiger partial charge in [-0.05, 0) is 55.0 Å². The molecule has 168 valence electrons. The van der Waals surface area contributed by atoms with Gasteiger partial charge in [-0.3, -0.25) is 9.52 Å². The minimum atomic E-state index is -4.02. The topological polar surface area (TPSA) is 106 Å². The third kappa shape index (κ3) is 5.07. The summed E-state index contributed by atoms with van der Waals surface area (Å²) in [7, 11) is -4.02. The molecule has 2 N–H and O–H groups in total. The molecule has 0 spiro atoms. The van der Waals surface area contributed by atoms with E-state index in [1.54, 1.807) is 54.5 Å². The number of amides is 1. The van der Waals surface area contributed by atoms with E-state index in [0.717, 1.165) is 11.6 Å². The Morgan fingerprint density at radius 1 is 1.06 bits per heavy atom. The van der Waals surface area contributed by atoms with Crippen molar-refractivity contribution in [3.8, 4) is 5.82 Å². The Hall–Kier alpha value is -4.05. The summed E-state index contributed by atoms with van der Waals surface area (Å²) in [6, 6.07) is 15.1. The number of hydrogen-bond donors (Lipinski definition) is 2. The predicted molar refractivity (Wildman–Crippen MR) is 121 cm³/mol. The normalized spacial score (nSPS) is 11.2. The average molecular weight is 466 g/mol. The molecule has 0 unspecified atom stereocenters. The van der Waals surface area contributed by atoms with E-state index in [0.29, 0.717) is 11.4 Å². The molecule has 0 saturated heterocycles. The molecule has 2 heterocycles. The van der Waals surface area contributed by atoms with Crippen LogP contribution in [0.5, 0.6) is 0 Å². The fourth-order valence-electron chi connectivity index (χ4n) is 3.12. The largest absolute Gasteiger partial charge is 0.348 e. The molecule has 4 rings (SSSR count). The number of carbonyl (C=O) groups is 1. The lowest BCUT2D eigenvalue weighted by atomic mass is 10.2. The molecule has 4 aromatic rings. The lowest BCUT2D eigenvalue weighted by Gasteiger charge is -2.12. The highest BCUT2D eigenvalue weighted by atomic mass is 32.2. The molecule has 0 fully saturated rings. The first kappa shape index (κ1) is 22.2. The van der Waals surface area contributed by atoms with Crippen molar-refractivity contribution in [3.05, 3.63) is 102 Å². The summed E-state index contributed by atoms with van der Waals surface area (Å²) in [6.45, 7) is 1.74. The van der Waals surface area contributed by atoms with Gasteiger partial charge in [-0.25, -0.2) is 22.5 Å². The molecule has 0 aliphatic rings. The van der Waals surface area contributed by atoms with E-state index in [1.807, 2.05) is 6.07 Å². The number of halogens is 1. The van der Waals surface area contributed by atoms with Crippen molar-refractivity contribution in [2.24, 2.45) is 0 Å². The maximum atomic E-state index is 13.8. The SMILES string of the molecule is Cc1ccc(S(=O)(=O)Nc2cccc(C(=O)NCc3cccnc3-n3cccn3)c2)cc1F. The van der Waals surface area contributed by atoms with Crippen molar-refractivity contribution in [1.82, 2.24) is 20.1 Å². The van der Waals surface area contributed by atoms with Gasteiger partial charge in [-0.15, -0.1) is 0 Å². The van der Waals surface area contributed by atoms with Gasteiger partial charge in [0.2, 0.25) is 0 Å². The third-order valence-corrected chi connectivity index (χ3v) is 6.24. The van der Waals surface area contributed by atoms with Gasteiger partial charge in [-0.1, -0.05) is 18.2 Å². The highest BCUT2D eigenvalue weighted by Gasteiger charge is 2.17. The van der Waals surface area contributed by atoms with Crippen molar-refractivity contribution in [1.29, 1.82) is 0 Å². The minimum absolute atomic E-state index is 0.183. The van der Waals surface area contributed by atoms with Gasteiger partial charge in [0.25, 0.3) is 15.9 Å². The van der Waals surface area contributed by atoms with E-state index in [4.69, 9.17) is 0 Å². The smallest absolute Gasteiger partial charge is 0.261 e. The Bertz CT molecular complexity index is 1410. The van der Waals surface area contributed by atoms with Crippen LogP contribution in [0.3, 0.4) is 0 Å². The van der Waals surface area contributed by atoms with Crippen LogP contribution in [0.2, 0.25) is 0 Å². The molecule has 2 aromatic carbocycles. The number of anilines is 1. The number of hydrogen-bond acceptors (Lipinski definition) is 5. The highest BCUT2D eigenvalue weighted by molar-refractivity contribution is 7.92. The Morgan fingerprint density at radius 2 is 1.91 bits per heavy atom. The van der Waals surface area contributed by atoms with E-state index >= 15 is 0 Å². The molecule has 0 bridgehead atoms. The first-order chi connectivity index (χ1) is 15.8. The van der Waals surface area contributed by atoms with Crippen molar-refractivity contribution in [3.63, 3.8) is 0 Å². The molecular formula is C23H20FN5O3S. The van der Waals surface area contributed by atoms with Gasteiger partial charge in [0, 0.05) is 41.9 Å². The highest BCUT2D eigenvalue weighted by Crippen LogP contribution is 2.19. The van der Waals surface area contributed by atoms with Crippen LogP contribution in [0.25, 0.3) is 5.82 Å². The Balaban J connectivity index is 1.48. The molecule has 8 nitrogen and oxygen atoms in total. The molecule has 33 heavy (non-hydrogen) atoms. The summed E-state index contributed by atoms with van der Waals surface area (Å²) >= 11 is 0. The van der Waals surface area contributed by atoms with Crippen molar-refractivity contribution >= 4 is 21.6 Å². The van der Waals surface area contributed by atoms with E-state index in [-0.39, 0.29) is 22.7 Å². The van der Waals surface area contributed by atoms with E-state index in [1.165, 1.54) is 24.3 Å². The molecule has 10 heteroatoms. The summed E-state index contributed by atoms with van der Waals surface area (Å²) in [6.07, 6.45) is 5.02. The fourth-order valence-corrected chi connectivity index (χ4v) is 4.19. The summed E-state index contributed by atoms with van der Waals surface area (Å²) in [5, 5.41) is 6.97. The van der Waals surface area contributed by atoms with Crippen LogP contribution in [0.4, 0.5) is 10.1 Å². The summed E-state index contributed by atoms with van der Waals surface area (Å²) in [4.78, 5) is 16.8. The van der Waals surface area contributed by atoms with Crippen LogP contribution in [-0.4, -0.2) is 29.1 Å². The van der Waals surface area contributed by atoms with E-state index in [2.05, 4.69) is 20.1 Å². The number of aryl methyl sites for hydroxylation is 1. The van der Waals surface area contributed by atoms with Crippen molar-refractivity contribution in [2.45, 2.75) is 18.4 Å². The molecule has 2 aromatic heterocycles. The molecule has 0 aliphatic heterocycles. The number of benzene rings is 2. The maximum Gasteiger partial charge on any atom is 0.261 e. The first-order valence-electron chi connectivity index (χ1n) is 9.95. The molecule has 0 radical (unpaired) electrons. The number of nitrogens with one attached hydrogen (secondary N) is 2. The van der Waals surface area contributed by atoms with Gasteiger partial charge < -0.3 is 5.32 Å². The molecule has 0 saturated carbocycles. The molecule has 1 amide bonds. The lowest BCUT2D eigenvalue weighted by molar-refractivity contribution is 0.0951. The zero-order valence-electron chi connectivity index (χ0n) is 17.6. The molecular weight excluding hydrogens is 445 g/mol. The zero-order chi connectivity index (χ0) is 23.4. The Kier molecular flexibility index (Phi) is 6.18. The van der Waals surface area contributed by atoms with Gasteiger partial charge in [0.15, 0.2) is 5.82 Å². The number of rotatable bonds is 7. The third-order valence-electron chi connectivity index (χ3n) is 4.86. The second-order valence-corrected chi connectivity index (χ2v) is 8.90. The summed E-state index contributed by atoms with van der Waals surface area (Å²) in [5.74, 6) is -0.418. The predicted octanol–water partition coefficient (Wildman–Crippen LogP) is 3.45. The first-order valence-corrected chi connectivity index (χ1v) is 11.4. The van der Waals surface area contributed by atoms with Crippen LogP contribution in [0.1, 0.15) is 21.5 Å². The second-order valence-electron chi connectivity index (χ2n) is 7.22. The summed E-state index contributed by atoms with van der Waals surface area (Å²) in [5.41, 5.74) is 1.54. The van der Waals surface area contributed by atoms with Crippen LogP contribution in [-0.2, 0) is 16.6 Å². The van der Waals surface area contributed by atoms with Crippen molar-refractivity contribution in [2.75, 3.05) is 4.72 Å². The van der Waals surface area contributed by atoms with Crippen molar-refractivity contribution < 1.29 is 17.6 Å². The number of pyridine rings is 1. The quantitative estimate of drug-likeness (QED) is 0.435. The Labute approximate surface area is 190 Å². The fraction of sp³-hybridized carbons (Fsp3) is 0.0870. The summed E-state index contributed by atoms with van der Waals surface area (Å²) < 4.78 is 43.0. The van der Waals surface area contributed by atoms with Crippen LogP contribution < -0.4 is 10.0 Å². The van der Waals surface area contributed by atoms with E-state index < -0.39 is 21.7 Å². The average Bonchev–Trinajstić information content (AvgIpc) is 3.34. The van der Waals surface area contributed by atoms with Crippen LogP contribution in [0.15, 0.2) is 84.1 Å². The van der Waals surface area contributed by atoms with Gasteiger partial charge in [0.05, 0.1) is 4.90 Å². The number of nitrogens with zero attached hydrogens (tertiary/aromatic N) is 3. The van der Waals surface area contributed by atoms with E-state index in [9.17, 15) is 17.6 Å². The zero-order valence-corrected chi connectivity index (χ0v) is 18.4. The van der Waals surface area contributed by atoms with Crippen LogP contribution >= 0.6 is 0 Å². The van der Waals surface area contributed by atoms with Gasteiger partial charge in [0.1, 0.15) is 5.82 Å². The lowest BCUT2D eigenvalue weighted by Crippen LogP contribution is -2.24. The monoisotopic (exact) mass is 465 g/mol. The van der Waals surface area contributed by atoms with Gasteiger partial charge in [-0.2, -0.15) is 5.10 Å². The van der Waals surface area contributed by atoms with Crippen LogP contribution in [0, 0.1) is 12.7 Å². The minimum Gasteiger partial charge on any atom is -0.348 e. The second kappa shape index (κ2) is 9.21. The maximum absolute atomic E-state index is 13.8. The number of carbonyl (C=O) groups excluding carboxylic acids is 1. The standard InChI is InChI=1S/C23H20FN5O3S/c1-16-8-9-20(14-21(16)24)33(31,32)28-19-7-2-5-17(13-19)23(30)26-15-18-6-3-10-25-22(18)29-12-4-11-27-29/h2-14,28H,15H2,1H3,(H,26,30). The molecule has 0 aliphatic carbocycles. The molecule has 0 atom stereocenters. The number of sulfonamides is 1.